The molecule has 35 heavy (non-hydrogen) atoms. The number of nitriles is 1. The van der Waals surface area contributed by atoms with Gasteiger partial charge in [0, 0.05) is 6.07 Å². The van der Waals surface area contributed by atoms with Crippen molar-refractivity contribution in [3.8, 4) is 11.8 Å². The highest BCUT2D eigenvalue weighted by Crippen LogP contribution is 2.43. The van der Waals surface area contributed by atoms with E-state index in [4.69, 9.17) is 24.7 Å². The van der Waals surface area contributed by atoms with Gasteiger partial charge in [0.2, 0.25) is 0 Å². The van der Waals surface area contributed by atoms with Gasteiger partial charge in [-0.05, 0) is 17.7 Å². The van der Waals surface area contributed by atoms with E-state index in [1.54, 1.807) is 30.3 Å². The van der Waals surface area contributed by atoms with E-state index in [1.165, 1.54) is 12.1 Å². The van der Waals surface area contributed by atoms with Crippen molar-refractivity contribution in [2.45, 2.75) is 12.0 Å². The summed E-state index contributed by atoms with van der Waals surface area (Å²) < 4.78 is 35.5. The van der Waals surface area contributed by atoms with Crippen LogP contribution in [0.2, 0.25) is 0 Å². The summed E-state index contributed by atoms with van der Waals surface area (Å²) in [5.41, 5.74) is 6.55. The SMILES string of the molecule is COC(=O)C1=C(C(=O)OC)N(c2ccc(OC3COC3)c(F)c2)C(N)=C(C#N)C1c1ccccc1. The number of hydrogen-bond acceptors (Lipinski definition) is 9. The molecule has 0 aromatic heterocycles. The van der Waals surface area contributed by atoms with Crippen LogP contribution < -0.4 is 15.4 Å². The first-order valence-corrected chi connectivity index (χ1v) is 10.6. The highest BCUT2D eigenvalue weighted by Gasteiger charge is 2.43. The molecule has 1 fully saturated rings. The largest absolute Gasteiger partial charge is 0.483 e. The van der Waals surface area contributed by atoms with E-state index in [0.29, 0.717) is 18.8 Å². The van der Waals surface area contributed by atoms with Crippen LogP contribution in [0.5, 0.6) is 5.75 Å². The van der Waals surface area contributed by atoms with Gasteiger partial charge in [-0.15, -0.1) is 0 Å². The van der Waals surface area contributed by atoms with Crippen molar-refractivity contribution in [3.63, 3.8) is 0 Å². The molecule has 0 radical (unpaired) electrons. The fraction of sp³-hybridized carbons (Fsp3) is 0.240. The molecular formula is C25H22FN3O6. The lowest BCUT2D eigenvalue weighted by Gasteiger charge is -2.36. The molecule has 2 aromatic rings. The molecule has 0 amide bonds. The number of nitrogens with two attached hydrogens (primary N) is 1. The van der Waals surface area contributed by atoms with E-state index >= 15 is 0 Å². The number of anilines is 1. The van der Waals surface area contributed by atoms with Crippen LogP contribution in [0, 0.1) is 17.1 Å². The fourth-order valence-corrected chi connectivity index (χ4v) is 3.97. The van der Waals surface area contributed by atoms with Gasteiger partial charge < -0.3 is 24.7 Å². The molecule has 2 heterocycles. The van der Waals surface area contributed by atoms with Gasteiger partial charge in [-0.3, -0.25) is 4.90 Å². The Morgan fingerprint density at radius 3 is 2.34 bits per heavy atom. The third-order valence-electron chi connectivity index (χ3n) is 5.69. The summed E-state index contributed by atoms with van der Waals surface area (Å²) in [6.45, 7) is 0.709. The number of carbonyl (C=O) groups excluding carboxylic acids is 2. The standard InChI is InChI=1S/C25H22FN3O6/c1-32-24(30)21-20(14-6-4-3-5-7-14)17(11-27)23(28)29(22(21)25(31)33-2)15-8-9-19(18(26)10-15)35-16-12-34-13-16/h3-10,16,20H,12-13,28H2,1-2H3. The quantitative estimate of drug-likeness (QED) is 0.622. The number of ether oxygens (including phenoxy) is 4. The maximum Gasteiger partial charge on any atom is 0.355 e. The Bertz CT molecular complexity index is 1260. The van der Waals surface area contributed by atoms with Gasteiger partial charge >= 0.3 is 11.9 Å². The molecule has 0 aliphatic carbocycles. The van der Waals surface area contributed by atoms with Crippen molar-refractivity contribution in [2.75, 3.05) is 32.3 Å². The summed E-state index contributed by atoms with van der Waals surface area (Å²) in [5, 5.41) is 10.0. The van der Waals surface area contributed by atoms with Crippen molar-refractivity contribution in [3.05, 3.63) is 82.6 Å². The average molecular weight is 479 g/mol. The molecule has 2 aliphatic rings. The number of benzene rings is 2. The molecule has 0 spiro atoms. The number of carbonyl (C=O) groups is 2. The molecule has 180 valence electrons. The van der Waals surface area contributed by atoms with E-state index in [0.717, 1.165) is 25.2 Å². The van der Waals surface area contributed by atoms with Crippen molar-refractivity contribution in [1.82, 2.24) is 0 Å². The van der Waals surface area contributed by atoms with E-state index in [-0.39, 0.29) is 40.2 Å². The van der Waals surface area contributed by atoms with Gasteiger partial charge in [-0.25, -0.2) is 14.0 Å². The molecule has 2 aliphatic heterocycles. The maximum absolute atomic E-state index is 15.0. The van der Waals surface area contributed by atoms with Crippen molar-refractivity contribution < 1.29 is 32.9 Å². The monoisotopic (exact) mass is 479 g/mol. The van der Waals surface area contributed by atoms with Crippen LogP contribution in [-0.4, -0.2) is 45.5 Å². The first-order chi connectivity index (χ1) is 16.9. The summed E-state index contributed by atoms with van der Waals surface area (Å²) in [5.74, 6) is -3.69. The highest BCUT2D eigenvalue weighted by atomic mass is 19.1. The van der Waals surface area contributed by atoms with Gasteiger partial charge in [-0.2, -0.15) is 5.26 Å². The molecule has 2 N–H and O–H groups in total. The lowest BCUT2D eigenvalue weighted by molar-refractivity contribution is -0.139. The molecule has 1 unspecified atom stereocenters. The zero-order chi connectivity index (χ0) is 25.1. The number of rotatable bonds is 6. The lowest BCUT2D eigenvalue weighted by atomic mass is 9.81. The molecule has 9 nitrogen and oxygen atoms in total. The van der Waals surface area contributed by atoms with Crippen molar-refractivity contribution in [1.29, 1.82) is 5.26 Å². The van der Waals surface area contributed by atoms with Crippen LogP contribution in [0.4, 0.5) is 10.1 Å². The van der Waals surface area contributed by atoms with E-state index in [1.807, 2.05) is 6.07 Å². The molecular weight excluding hydrogens is 457 g/mol. The normalized spacial score (nSPS) is 18.0. The Morgan fingerprint density at radius 2 is 1.80 bits per heavy atom. The van der Waals surface area contributed by atoms with Crippen LogP contribution in [0.15, 0.2) is 71.2 Å². The first-order valence-electron chi connectivity index (χ1n) is 10.6. The van der Waals surface area contributed by atoms with Crippen LogP contribution in [0.1, 0.15) is 11.5 Å². The van der Waals surface area contributed by atoms with E-state index in [2.05, 4.69) is 0 Å². The Hall–Kier alpha value is -4.36. The van der Waals surface area contributed by atoms with E-state index < -0.39 is 23.7 Å². The maximum atomic E-state index is 15.0. The summed E-state index contributed by atoms with van der Waals surface area (Å²) in [7, 11) is 2.29. The molecule has 10 heteroatoms. The Balaban J connectivity index is 1.92. The van der Waals surface area contributed by atoms with Gasteiger partial charge in [0.15, 0.2) is 11.6 Å². The number of hydrogen-bond donors (Lipinski definition) is 1. The predicted octanol–water partition coefficient (Wildman–Crippen LogP) is 2.50. The number of nitrogens with zero attached hydrogens (tertiary/aromatic N) is 2. The molecule has 1 saturated heterocycles. The number of allylic oxidation sites excluding steroid dienone is 1. The lowest BCUT2D eigenvalue weighted by Crippen LogP contribution is -2.41. The molecule has 2 aromatic carbocycles. The summed E-state index contributed by atoms with van der Waals surface area (Å²) in [4.78, 5) is 27.2. The second-order valence-corrected chi connectivity index (χ2v) is 7.73. The summed E-state index contributed by atoms with van der Waals surface area (Å²) in [6.07, 6.45) is -0.261. The minimum atomic E-state index is -1.01. The van der Waals surface area contributed by atoms with Gasteiger partial charge in [0.05, 0.1) is 56.3 Å². The van der Waals surface area contributed by atoms with E-state index in [9.17, 15) is 19.2 Å². The van der Waals surface area contributed by atoms with Crippen molar-refractivity contribution >= 4 is 17.6 Å². The van der Waals surface area contributed by atoms with Gasteiger partial charge in [0.1, 0.15) is 17.6 Å². The number of halogens is 1. The molecule has 4 rings (SSSR count). The Morgan fingerprint density at radius 1 is 1.11 bits per heavy atom. The molecule has 0 saturated carbocycles. The van der Waals surface area contributed by atoms with Crippen LogP contribution in [-0.2, 0) is 23.8 Å². The molecule has 0 bridgehead atoms. The minimum Gasteiger partial charge on any atom is -0.483 e. The van der Waals surface area contributed by atoms with Crippen molar-refractivity contribution in [2.24, 2.45) is 5.73 Å². The van der Waals surface area contributed by atoms with Crippen LogP contribution in [0.25, 0.3) is 0 Å². The number of methoxy groups -OCH3 is 2. The average Bonchev–Trinajstić information content (AvgIpc) is 2.85. The molecule has 1 atom stereocenters. The second kappa shape index (κ2) is 9.87. The summed E-state index contributed by atoms with van der Waals surface area (Å²) in [6, 6.07) is 14.6. The third-order valence-corrected chi connectivity index (χ3v) is 5.69. The van der Waals surface area contributed by atoms with Crippen LogP contribution >= 0.6 is 0 Å². The topological polar surface area (TPSA) is 124 Å². The second-order valence-electron chi connectivity index (χ2n) is 7.73. The Labute approximate surface area is 200 Å². The fourth-order valence-electron chi connectivity index (χ4n) is 3.97. The number of esters is 2. The minimum absolute atomic E-state index is 0.0129. The summed E-state index contributed by atoms with van der Waals surface area (Å²) >= 11 is 0. The smallest absolute Gasteiger partial charge is 0.355 e. The Kier molecular flexibility index (Phi) is 6.71. The third kappa shape index (κ3) is 4.29. The highest BCUT2D eigenvalue weighted by molar-refractivity contribution is 6.06. The predicted molar refractivity (Wildman–Crippen MR) is 121 cm³/mol. The zero-order valence-electron chi connectivity index (χ0n) is 19.0. The van der Waals surface area contributed by atoms with Gasteiger partial charge in [-0.1, -0.05) is 30.3 Å². The van der Waals surface area contributed by atoms with Crippen LogP contribution in [0.3, 0.4) is 0 Å². The zero-order valence-corrected chi connectivity index (χ0v) is 19.0. The van der Waals surface area contributed by atoms with Gasteiger partial charge in [0.25, 0.3) is 0 Å². The first kappa shape index (κ1) is 23.8.